The third-order valence-electron chi connectivity index (χ3n) is 13.1. The number of amides is 2. The van der Waals surface area contributed by atoms with E-state index in [0.717, 1.165) is 86.7 Å². The van der Waals surface area contributed by atoms with Crippen molar-refractivity contribution in [1.29, 1.82) is 0 Å². The summed E-state index contributed by atoms with van der Waals surface area (Å²) in [6.07, 6.45) is 3.81. The Hall–Kier alpha value is -6.11. The normalized spacial score (nSPS) is 15.1. The number of rotatable bonds is 11. The molecule has 69 heavy (non-hydrogen) atoms. The number of hydrogen-bond acceptors (Lipinski definition) is 10. The SMILES string of the molecule is COC(=O)c1cc2cc(C(=O)NCc3c(C)cc(C)[nH]c3=O)c(C)c(C(C)N3CCOCC3)n2c1.Cc1cc(C)c(CNC(=O)c2cc3cc(Br)cn3c(C(C)N3CCOCC3)c2C)c(=O)[nH]1.[C-]#[O+]. The molecule has 0 aromatic carbocycles. The summed E-state index contributed by atoms with van der Waals surface area (Å²) in [6, 6.07) is 11.3. The van der Waals surface area contributed by atoms with Gasteiger partial charge in [-0.05, 0) is 130 Å². The molecule has 2 aliphatic rings. The molecule has 366 valence electrons. The number of carbonyl (C=O) groups excluding carboxylic acids is 3. The molecule has 2 unspecified atom stereocenters. The Morgan fingerprint density at radius 3 is 1.49 bits per heavy atom. The van der Waals surface area contributed by atoms with Crippen molar-refractivity contribution in [3.05, 3.63) is 153 Å². The van der Waals surface area contributed by atoms with Crippen LogP contribution < -0.4 is 21.8 Å². The van der Waals surface area contributed by atoms with Gasteiger partial charge in [0, 0.05) is 124 Å². The molecule has 18 heteroatoms. The van der Waals surface area contributed by atoms with E-state index in [1.54, 1.807) is 18.3 Å². The number of nitrogens with zero attached hydrogens (tertiary/aromatic N) is 4. The summed E-state index contributed by atoms with van der Waals surface area (Å²) >= 11 is 3.58. The van der Waals surface area contributed by atoms with E-state index >= 15 is 0 Å². The Labute approximate surface area is 409 Å². The van der Waals surface area contributed by atoms with Crippen LogP contribution in [0.4, 0.5) is 0 Å². The minimum absolute atomic E-state index is 0.0192. The number of nitrogens with one attached hydrogen (secondary N) is 4. The third kappa shape index (κ3) is 11.7. The number of morpholine rings is 2. The van der Waals surface area contributed by atoms with Crippen molar-refractivity contribution < 1.29 is 33.2 Å². The van der Waals surface area contributed by atoms with Crippen molar-refractivity contribution in [2.24, 2.45) is 0 Å². The first kappa shape index (κ1) is 52.3. The number of carbonyl (C=O) groups is 3. The molecule has 0 saturated carbocycles. The van der Waals surface area contributed by atoms with Gasteiger partial charge in [-0.15, -0.1) is 0 Å². The van der Waals surface area contributed by atoms with E-state index in [2.05, 4.69) is 71.2 Å². The van der Waals surface area contributed by atoms with Crippen molar-refractivity contribution in [2.45, 2.75) is 80.6 Å². The summed E-state index contributed by atoms with van der Waals surface area (Å²) in [4.78, 5) is 73.9. The van der Waals surface area contributed by atoms with Gasteiger partial charge in [-0.1, -0.05) is 0 Å². The molecule has 6 aromatic rings. The number of aromatic nitrogens is 4. The second-order valence-electron chi connectivity index (χ2n) is 17.5. The third-order valence-corrected chi connectivity index (χ3v) is 13.5. The number of aryl methyl sites for hydroxylation is 4. The Morgan fingerprint density at radius 2 is 1.09 bits per heavy atom. The fourth-order valence-corrected chi connectivity index (χ4v) is 9.89. The molecule has 6 aromatic heterocycles. The van der Waals surface area contributed by atoms with E-state index < -0.39 is 5.97 Å². The van der Waals surface area contributed by atoms with Gasteiger partial charge >= 0.3 is 17.3 Å². The first-order valence-corrected chi connectivity index (χ1v) is 23.6. The topological polar surface area (TPSA) is 204 Å². The maximum absolute atomic E-state index is 13.4. The zero-order chi connectivity index (χ0) is 50.3. The molecular weight excluding hydrogens is 949 g/mol. The van der Waals surface area contributed by atoms with Crippen molar-refractivity contribution in [3.63, 3.8) is 0 Å². The van der Waals surface area contributed by atoms with Crippen molar-refractivity contribution in [1.82, 2.24) is 39.2 Å². The standard InChI is InChI=1S/C26H32N4O5.C24H29BrN4O3.CO/c1-15-10-16(2)28-25(32)22(15)13-27-24(31)21-12-20-11-19(26(33)34-5)14-30(20)23(17(21)3)18(4)29-6-8-35-9-7-29;1-14-9-15(2)27-24(31)21(14)12-26-23(30)20-11-19-10-18(25)13-29(19)22(16(20)3)17(4)28-5-7-32-8-6-28;1-2/h10-12,14,18H,6-9,13H2,1-5H3,(H,27,31)(H,28,32);9-11,13,17H,5-8,12H2,1-4H3,(H,26,30)(H,27,31);. The molecule has 0 bridgehead atoms. The number of pyridine rings is 4. The minimum atomic E-state index is -0.434. The Balaban J connectivity index is 0.000000220. The molecule has 2 atom stereocenters. The Morgan fingerprint density at radius 1 is 0.681 bits per heavy atom. The molecule has 0 radical (unpaired) electrons. The number of halogens is 1. The van der Waals surface area contributed by atoms with E-state index in [9.17, 15) is 24.0 Å². The van der Waals surface area contributed by atoms with Crippen LogP contribution in [0.2, 0.25) is 0 Å². The van der Waals surface area contributed by atoms with E-state index in [-0.39, 0.29) is 48.1 Å². The van der Waals surface area contributed by atoms with Gasteiger partial charge in [0.1, 0.15) is 0 Å². The molecule has 8 heterocycles. The van der Waals surface area contributed by atoms with Crippen LogP contribution in [0.25, 0.3) is 11.0 Å². The summed E-state index contributed by atoms with van der Waals surface area (Å²) in [5.41, 5.74) is 11.0. The second kappa shape index (κ2) is 23.0. The first-order valence-electron chi connectivity index (χ1n) is 22.8. The molecule has 0 spiro atoms. The van der Waals surface area contributed by atoms with Gasteiger partial charge in [-0.3, -0.25) is 29.0 Å². The molecule has 8 rings (SSSR count). The number of fused-ring (bicyclic) bond motifs is 2. The molecule has 4 N–H and O–H groups in total. The molecule has 2 amide bonds. The average Bonchev–Trinajstić information content (AvgIpc) is 3.93. The van der Waals surface area contributed by atoms with Crippen LogP contribution in [-0.4, -0.2) is 106 Å². The van der Waals surface area contributed by atoms with E-state index in [1.165, 1.54) is 7.11 Å². The van der Waals surface area contributed by atoms with Gasteiger partial charge < -0.3 is 43.6 Å². The summed E-state index contributed by atoms with van der Waals surface area (Å²) in [5, 5.41) is 5.88. The van der Waals surface area contributed by atoms with E-state index in [4.69, 9.17) is 18.9 Å². The summed E-state index contributed by atoms with van der Waals surface area (Å²) in [5.74, 6) is -0.894. The Kier molecular flexibility index (Phi) is 17.4. The van der Waals surface area contributed by atoms with E-state index in [1.807, 2.05) is 76.4 Å². The van der Waals surface area contributed by atoms with Crippen LogP contribution in [0, 0.1) is 48.2 Å². The van der Waals surface area contributed by atoms with Gasteiger partial charge in [0.15, 0.2) is 0 Å². The van der Waals surface area contributed by atoms with Crippen molar-refractivity contribution in [3.8, 4) is 0 Å². The number of aromatic amines is 2. The van der Waals surface area contributed by atoms with Crippen LogP contribution in [0.5, 0.6) is 0 Å². The molecule has 0 aliphatic carbocycles. The maximum atomic E-state index is 13.4. The number of methoxy groups -OCH3 is 1. The van der Waals surface area contributed by atoms with Gasteiger partial charge in [-0.25, -0.2) is 4.79 Å². The predicted octanol–water partition coefficient (Wildman–Crippen LogP) is 6.26. The zero-order valence-electron chi connectivity index (χ0n) is 40.7. The molecule has 2 saturated heterocycles. The predicted molar refractivity (Wildman–Crippen MR) is 264 cm³/mol. The average molecular weight is 1010 g/mol. The van der Waals surface area contributed by atoms with Crippen LogP contribution >= 0.6 is 15.9 Å². The number of ether oxygens (including phenoxy) is 3. The molecule has 2 fully saturated rings. The summed E-state index contributed by atoms with van der Waals surface area (Å²) in [7, 11) is 1.35. The van der Waals surface area contributed by atoms with E-state index in [0.29, 0.717) is 54.2 Å². The Bertz CT molecular complexity index is 3010. The van der Waals surface area contributed by atoms with Gasteiger partial charge in [0.2, 0.25) is 0 Å². The van der Waals surface area contributed by atoms with Crippen molar-refractivity contribution >= 4 is 44.7 Å². The van der Waals surface area contributed by atoms with Gasteiger partial charge in [0.05, 0.1) is 39.1 Å². The zero-order valence-corrected chi connectivity index (χ0v) is 42.3. The fourth-order valence-electron chi connectivity index (χ4n) is 9.45. The monoisotopic (exact) mass is 1010 g/mol. The van der Waals surface area contributed by atoms with Crippen LogP contribution in [0.3, 0.4) is 0 Å². The molecular formula is C51H61BrN8O9. The first-order chi connectivity index (χ1) is 33.0. The van der Waals surface area contributed by atoms with Crippen LogP contribution in [0.1, 0.15) is 113 Å². The van der Waals surface area contributed by atoms with Gasteiger partial charge in [-0.2, -0.15) is 0 Å². The summed E-state index contributed by atoms with van der Waals surface area (Å²) in [6.45, 7) is 26.4. The van der Waals surface area contributed by atoms with Crippen molar-refractivity contribution in [2.75, 3.05) is 59.7 Å². The number of esters is 1. The fraction of sp³-hybridized carbons (Fsp3) is 0.412. The van der Waals surface area contributed by atoms with Crippen LogP contribution in [-0.2, 0) is 32.0 Å². The number of H-pyrrole nitrogens is 2. The second-order valence-corrected chi connectivity index (χ2v) is 18.4. The summed E-state index contributed by atoms with van der Waals surface area (Å²) < 4.78 is 28.5. The van der Waals surface area contributed by atoms with Gasteiger partial charge in [0.25, 0.3) is 22.9 Å². The quantitative estimate of drug-likeness (QED) is 0.0652. The van der Waals surface area contributed by atoms with Crippen LogP contribution in [0.15, 0.2) is 62.9 Å². The molecule has 17 nitrogen and oxygen atoms in total. The molecule has 2 aliphatic heterocycles. The number of hydrogen-bond donors (Lipinski definition) is 4.